The Labute approximate surface area is 206 Å². The predicted octanol–water partition coefficient (Wildman–Crippen LogP) is 6.10. The van der Waals surface area contributed by atoms with Crippen molar-refractivity contribution < 1.29 is 14.3 Å². The highest BCUT2D eigenvalue weighted by Crippen LogP contribution is 2.32. The van der Waals surface area contributed by atoms with Gasteiger partial charge >= 0.3 is 0 Å². The first-order valence-corrected chi connectivity index (χ1v) is 11.4. The molecule has 1 aliphatic heterocycles. The predicted molar refractivity (Wildman–Crippen MR) is 130 cm³/mol. The van der Waals surface area contributed by atoms with E-state index in [1.807, 2.05) is 24.3 Å². The number of para-hydroxylation sites is 1. The summed E-state index contributed by atoms with van der Waals surface area (Å²) >= 11 is 18.0. The summed E-state index contributed by atoms with van der Waals surface area (Å²) in [6.07, 6.45) is 0.00428. The summed E-state index contributed by atoms with van der Waals surface area (Å²) in [7, 11) is 0. The lowest BCUT2D eigenvalue weighted by molar-refractivity contribution is -0.126. The fourth-order valence-corrected chi connectivity index (χ4v) is 4.03. The van der Waals surface area contributed by atoms with Crippen molar-refractivity contribution in [2.75, 3.05) is 11.9 Å². The average Bonchev–Trinajstić information content (AvgIpc) is 2.80. The van der Waals surface area contributed by atoms with Gasteiger partial charge < -0.3 is 10.1 Å². The normalized spacial score (nSPS) is 14.9. The number of hydrogen-bond donors (Lipinski definition) is 2. The van der Waals surface area contributed by atoms with Crippen molar-refractivity contribution in [3.63, 3.8) is 0 Å². The summed E-state index contributed by atoms with van der Waals surface area (Å²) in [6.45, 7) is 0.282. The van der Waals surface area contributed by atoms with E-state index >= 15 is 0 Å². The highest BCUT2D eigenvalue weighted by molar-refractivity contribution is 6.35. The molecular formula is C24H20Cl3N3O3. The number of carbonyl (C=O) groups excluding carboxylic acids is 2. The number of anilines is 1. The van der Waals surface area contributed by atoms with Gasteiger partial charge in [0.05, 0.1) is 17.2 Å². The second kappa shape index (κ2) is 10.3. The van der Waals surface area contributed by atoms with Crippen LogP contribution in [0.5, 0.6) is 5.75 Å². The van der Waals surface area contributed by atoms with E-state index in [2.05, 4.69) is 10.7 Å². The first-order chi connectivity index (χ1) is 15.9. The number of hydrogen-bond acceptors (Lipinski definition) is 4. The van der Waals surface area contributed by atoms with Gasteiger partial charge in [-0.05, 0) is 54.4 Å². The molecule has 1 heterocycles. The van der Waals surface area contributed by atoms with E-state index in [-0.39, 0.29) is 24.8 Å². The molecule has 1 aliphatic rings. The van der Waals surface area contributed by atoms with Crippen LogP contribution in [0.2, 0.25) is 15.1 Å². The fourth-order valence-electron chi connectivity index (χ4n) is 3.44. The molecule has 0 aliphatic carbocycles. The van der Waals surface area contributed by atoms with Gasteiger partial charge in [0.15, 0.2) is 0 Å². The molecule has 0 bridgehead atoms. The van der Waals surface area contributed by atoms with Crippen molar-refractivity contribution in [1.29, 1.82) is 0 Å². The number of benzene rings is 3. The number of fused-ring (bicyclic) bond motifs is 1. The van der Waals surface area contributed by atoms with Gasteiger partial charge in [0.2, 0.25) is 5.91 Å². The number of rotatable bonds is 7. The molecule has 0 saturated carbocycles. The Balaban J connectivity index is 1.42. The van der Waals surface area contributed by atoms with Crippen molar-refractivity contribution in [1.82, 2.24) is 10.4 Å². The molecular weight excluding hydrogens is 485 g/mol. The van der Waals surface area contributed by atoms with E-state index < -0.39 is 6.17 Å². The van der Waals surface area contributed by atoms with Crippen LogP contribution in [-0.4, -0.2) is 23.4 Å². The number of ether oxygens (including phenoxy) is 1. The van der Waals surface area contributed by atoms with Crippen LogP contribution in [0.1, 0.15) is 34.9 Å². The number of hydrazine groups is 1. The van der Waals surface area contributed by atoms with Gasteiger partial charge in [-0.3, -0.25) is 15.0 Å². The van der Waals surface area contributed by atoms with Gasteiger partial charge in [-0.1, -0.05) is 59.1 Å². The maximum absolute atomic E-state index is 13.2. The Kier molecular flexibility index (Phi) is 7.28. The molecule has 3 aromatic rings. The van der Waals surface area contributed by atoms with E-state index in [1.54, 1.807) is 42.5 Å². The summed E-state index contributed by atoms with van der Waals surface area (Å²) in [4.78, 5) is 25.8. The molecule has 3 aromatic carbocycles. The van der Waals surface area contributed by atoms with Crippen LogP contribution in [0.15, 0.2) is 66.7 Å². The van der Waals surface area contributed by atoms with Crippen LogP contribution in [-0.2, 0) is 4.79 Å². The Morgan fingerprint density at radius 3 is 2.48 bits per heavy atom. The summed E-state index contributed by atoms with van der Waals surface area (Å²) < 4.78 is 5.63. The molecule has 33 heavy (non-hydrogen) atoms. The number of carbonyl (C=O) groups is 2. The molecule has 170 valence electrons. The molecule has 9 heteroatoms. The Bertz CT molecular complexity index is 1170. The Morgan fingerprint density at radius 2 is 1.73 bits per heavy atom. The number of nitrogens with one attached hydrogen (secondary N) is 2. The second-order valence-corrected chi connectivity index (χ2v) is 8.66. The molecule has 0 saturated heterocycles. The summed E-state index contributed by atoms with van der Waals surface area (Å²) in [5, 5.41) is 6.13. The van der Waals surface area contributed by atoms with Gasteiger partial charge in [0.1, 0.15) is 11.9 Å². The molecule has 2 amide bonds. The quantitative estimate of drug-likeness (QED) is 0.381. The van der Waals surface area contributed by atoms with Gasteiger partial charge in [-0.2, -0.15) is 0 Å². The molecule has 1 unspecified atom stereocenters. The van der Waals surface area contributed by atoms with Gasteiger partial charge in [-0.15, -0.1) is 0 Å². The minimum Gasteiger partial charge on any atom is -0.492 e. The minimum absolute atomic E-state index is 0.157. The highest BCUT2D eigenvalue weighted by atomic mass is 35.5. The van der Waals surface area contributed by atoms with E-state index in [1.165, 1.54) is 5.01 Å². The third kappa shape index (κ3) is 5.53. The maximum Gasteiger partial charge on any atom is 0.276 e. The lowest BCUT2D eigenvalue weighted by atomic mass is 10.0. The van der Waals surface area contributed by atoms with E-state index in [0.29, 0.717) is 38.5 Å². The van der Waals surface area contributed by atoms with Crippen molar-refractivity contribution in [3.8, 4) is 5.75 Å². The van der Waals surface area contributed by atoms with Gasteiger partial charge in [-0.25, -0.2) is 5.01 Å². The SMILES string of the molecule is O=C(CCCOc1ccc(Cl)cc1Cl)NN1C(=O)c2ccccc2NC1c1ccc(Cl)cc1. The molecule has 0 spiro atoms. The van der Waals surface area contributed by atoms with Crippen LogP contribution in [0.3, 0.4) is 0 Å². The molecule has 1 atom stereocenters. The van der Waals surface area contributed by atoms with Crippen molar-refractivity contribution >= 4 is 52.3 Å². The van der Waals surface area contributed by atoms with Crippen LogP contribution < -0.4 is 15.5 Å². The van der Waals surface area contributed by atoms with Crippen molar-refractivity contribution in [2.24, 2.45) is 0 Å². The second-order valence-electron chi connectivity index (χ2n) is 7.38. The number of nitrogens with zero attached hydrogens (tertiary/aromatic N) is 1. The topological polar surface area (TPSA) is 70.7 Å². The van der Waals surface area contributed by atoms with Crippen LogP contribution in [0.25, 0.3) is 0 Å². The smallest absolute Gasteiger partial charge is 0.276 e. The third-order valence-corrected chi connectivity index (χ3v) is 5.84. The molecule has 4 rings (SSSR count). The molecule has 0 fully saturated rings. The van der Waals surface area contributed by atoms with E-state index in [4.69, 9.17) is 39.5 Å². The molecule has 0 radical (unpaired) electrons. The average molecular weight is 505 g/mol. The number of halogens is 3. The highest BCUT2D eigenvalue weighted by Gasteiger charge is 2.34. The lowest BCUT2D eigenvalue weighted by Gasteiger charge is -2.37. The summed E-state index contributed by atoms with van der Waals surface area (Å²) in [5.41, 5.74) is 4.69. The minimum atomic E-state index is -0.585. The van der Waals surface area contributed by atoms with Crippen molar-refractivity contribution in [2.45, 2.75) is 19.0 Å². The van der Waals surface area contributed by atoms with Gasteiger partial charge in [0, 0.05) is 22.2 Å². The van der Waals surface area contributed by atoms with Crippen LogP contribution in [0, 0.1) is 0 Å². The zero-order valence-electron chi connectivity index (χ0n) is 17.4. The molecule has 0 aromatic heterocycles. The first-order valence-electron chi connectivity index (χ1n) is 10.2. The summed E-state index contributed by atoms with van der Waals surface area (Å²) in [6, 6.07) is 19.2. The monoisotopic (exact) mass is 503 g/mol. The number of amides is 2. The fraction of sp³-hybridized carbons (Fsp3) is 0.167. The Hall–Kier alpha value is -2.93. The molecule has 2 N–H and O–H groups in total. The standard InChI is InChI=1S/C24H20Cl3N3O3/c25-16-9-7-15(8-10-16)23-28-20-5-2-1-4-18(20)24(32)30(23)29-22(31)6-3-13-33-21-12-11-17(26)14-19(21)27/h1-2,4-5,7-12,14,23,28H,3,6,13H2,(H,29,31). The zero-order chi connectivity index (χ0) is 23.4. The van der Waals surface area contributed by atoms with E-state index in [9.17, 15) is 9.59 Å². The first kappa shape index (κ1) is 23.2. The Morgan fingerprint density at radius 1 is 1.00 bits per heavy atom. The largest absolute Gasteiger partial charge is 0.492 e. The van der Waals surface area contributed by atoms with Crippen molar-refractivity contribution in [3.05, 3.63) is 92.9 Å². The van der Waals surface area contributed by atoms with Crippen LogP contribution >= 0.6 is 34.8 Å². The third-order valence-electron chi connectivity index (χ3n) is 5.06. The van der Waals surface area contributed by atoms with E-state index in [0.717, 1.165) is 5.56 Å². The van der Waals surface area contributed by atoms with Gasteiger partial charge in [0.25, 0.3) is 5.91 Å². The maximum atomic E-state index is 13.2. The zero-order valence-corrected chi connectivity index (χ0v) is 19.6. The lowest BCUT2D eigenvalue weighted by Crippen LogP contribution is -2.52. The molecule has 6 nitrogen and oxygen atoms in total. The van der Waals surface area contributed by atoms with Crippen LogP contribution in [0.4, 0.5) is 5.69 Å². The summed E-state index contributed by atoms with van der Waals surface area (Å²) in [5.74, 6) is -0.118.